The van der Waals surface area contributed by atoms with Crippen molar-refractivity contribution in [3.8, 4) is 16.3 Å². The van der Waals surface area contributed by atoms with Gasteiger partial charge in [-0.2, -0.15) is 4.52 Å². The molecule has 0 amide bonds. The highest BCUT2D eigenvalue weighted by molar-refractivity contribution is 7.22. The Labute approximate surface area is 229 Å². The quantitative estimate of drug-likeness (QED) is 0.311. The van der Waals surface area contributed by atoms with Gasteiger partial charge in [0.15, 0.2) is 11.5 Å². The number of thiophene rings is 1. The van der Waals surface area contributed by atoms with Gasteiger partial charge in [0, 0.05) is 22.7 Å². The summed E-state index contributed by atoms with van der Waals surface area (Å²) in [6, 6.07) is 13.7. The van der Waals surface area contributed by atoms with Gasteiger partial charge in [-0.05, 0) is 61.6 Å². The van der Waals surface area contributed by atoms with Gasteiger partial charge >= 0.3 is 5.69 Å². The molecule has 40 heavy (non-hydrogen) atoms. The Morgan fingerprint density at radius 2 is 1.70 bits per heavy atom. The van der Waals surface area contributed by atoms with E-state index in [0.29, 0.717) is 28.3 Å². The lowest BCUT2D eigenvalue weighted by atomic mass is 10.1. The number of hydrogen-bond acceptors (Lipinski definition) is 8. The van der Waals surface area contributed by atoms with Crippen molar-refractivity contribution in [3.05, 3.63) is 105 Å². The normalized spacial score (nSPS) is 11.7. The van der Waals surface area contributed by atoms with Crippen molar-refractivity contribution in [2.45, 2.75) is 13.1 Å². The topological polar surface area (TPSA) is 116 Å². The van der Waals surface area contributed by atoms with Crippen molar-refractivity contribution >= 4 is 32.9 Å². The number of halogens is 2. The minimum Gasteiger partial charge on any atom is -0.399 e. The first kappa shape index (κ1) is 25.5. The van der Waals surface area contributed by atoms with E-state index in [-0.39, 0.29) is 16.8 Å². The van der Waals surface area contributed by atoms with Gasteiger partial charge in [0.2, 0.25) is 0 Å². The van der Waals surface area contributed by atoms with E-state index in [9.17, 15) is 18.4 Å². The first-order chi connectivity index (χ1) is 19.2. The predicted octanol–water partition coefficient (Wildman–Crippen LogP) is 3.29. The van der Waals surface area contributed by atoms with Gasteiger partial charge in [-0.3, -0.25) is 9.36 Å². The second-order valence-electron chi connectivity index (χ2n) is 9.48. The fourth-order valence-electron chi connectivity index (χ4n) is 4.62. The summed E-state index contributed by atoms with van der Waals surface area (Å²) < 4.78 is 33.1. The molecule has 0 radical (unpaired) electrons. The minimum absolute atomic E-state index is 0.0167. The molecular weight excluding hydrogens is 538 g/mol. The number of rotatable bonds is 6. The van der Waals surface area contributed by atoms with Crippen molar-refractivity contribution in [2.24, 2.45) is 0 Å². The maximum atomic E-state index is 14.8. The summed E-state index contributed by atoms with van der Waals surface area (Å²) in [7, 11) is 3.72. The molecule has 0 aliphatic carbocycles. The van der Waals surface area contributed by atoms with Crippen LogP contribution in [0, 0.1) is 11.6 Å². The van der Waals surface area contributed by atoms with Crippen LogP contribution < -0.4 is 17.0 Å². The summed E-state index contributed by atoms with van der Waals surface area (Å²) in [6.07, 6.45) is 1.34. The summed E-state index contributed by atoms with van der Waals surface area (Å²) in [5.41, 5.74) is 6.67. The van der Waals surface area contributed by atoms with Gasteiger partial charge in [0.25, 0.3) is 5.56 Å². The molecule has 0 bridgehead atoms. The lowest BCUT2D eigenvalue weighted by molar-refractivity contribution is 0.405. The fourth-order valence-corrected chi connectivity index (χ4v) is 5.93. The lowest BCUT2D eigenvalue weighted by Crippen LogP contribution is -2.40. The molecule has 0 unspecified atom stereocenters. The third kappa shape index (κ3) is 4.25. The number of nitrogens with zero attached hydrogens (tertiary/aromatic N) is 7. The van der Waals surface area contributed by atoms with Crippen LogP contribution in [0.5, 0.6) is 0 Å². The molecule has 202 valence electrons. The molecule has 2 N–H and O–H groups in total. The maximum Gasteiger partial charge on any atom is 0.338 e. The van der Waals surface area contributed by atoms with E-state index in [0.717, 1.165) is 27.1 Å². The molecule has 0 aliphatic rings. The van der Waals surface area contributed by atoms with Gasteiger partial charge in [-0.25, -0.2) is 18.1 Å². The smallest absolute Gasteiger partial charge is 0.338 e. The molecule has 13 heteroatoms. The van der Waals surface area contributed by atoms with Gasteiger partial charge < -0.3 is 10.6 Å². The van der Waals surface area contributed by atoms with Crippen LogP contribution in [0.1, 0.15) is 11.1 Å². The van der Waals surface area contributed by atoms with Gasteiger partial charge in [-0.1, -0.05) is 18.2 Å². The number of benzene rings is 2. The molecular formula is C27H22F2N8O2S. The average Bonchev–Trinajstić information content (AvgIpc) is 3.53. The van der Waals surface area contributed by atoms with Crippen LogP contribution in [-0.2, 0) is 13.1 Å². The Kier molecular flexibility index (Phi) is 6.24. The molecule has 10 nitrogen and oxygen atoms in total. The highest BCUT2D eigenvalue weighted by Gasteiger charge is 2.25. The summed E-state index contributed by atoms with van der Waals surface area (Å²) in [5, 5.41) is 12.3. The standard InChI is InChI=1S/C27H22F2N8O2S/c1-34(2)12-18-23-25(38)37(22-11-10-21-32-31-14-36(21)33-22)27(39)35(13-17-19(28)4-3-5-20(17)29)26(23)40-24(18)15-6-8-16(30)9-7-15/h3-11,14H,12-13,30H2,1-2H3. The van der Waals surface area contributed by atoms with Crippen LogP contribution in [0.3, 0.4) is 0 Å². The Hall–Kier alpha value is -4.75. The molecule has 4 heterocycles. The number of anilines is 1. The van der Waals surface area contributed by atoms with E-state index in [4.69, 9.17) is 5.73 Å². The molecule has 6 aromatic rings. The van der Waals surface area contributed by atoms with Crippen molar-refractivity contribution in [1.82, 2.24) is 33.8 Å². The maximum absolute atomic E-state index is 14.8. The first-order valence-corrected chi connectivity index (χ1v) is 13.0. The number of fused-ring (bicyclic) bond motifs is 2. The largest absolute Gasteiger partial charge is 0.399 e. The molecule has 0 spiro atoms. The zero-order chi connectivity index (χ0) is 28.1. The van der Waals surface area contributed by atoms with E-state index in [1.807, 2.05) is 31.1 Å². The van der Waals surface area contributed by atoms with Crippen LogP contribution in [-0.4, -0.2) is 47.9 Å². The summed E-state index contributed by atoms with van der Waals surface area (Å²) in [6.45, 7) is -0.0782. The Bertz CT molecular complexity index is 2010. The minimum atomic E-state index is -0.800. The van der Waals surface area contributed by atoms with Crippen LogP contribution >= 0.6 is 11.3 Å². The third-order valence-corrected chi connectivity index (χ3v) is 7.78. The summed E-state index contributed by atoms with van der Waals surface area (Å²) in [4.78, 5) is 31.1. The van der Waals surface area contributed by atoms with Gasteiger partial charge in [-0.15, -0.1) is 26.6 Å². The Balaban J connectivity index is 1.73. The second kappa shape index (κ2) is 9.77. The highest BCUT2D eigenvalue weighted by atomic mass is 32.1. The lowest BCUT2D eigenvalue weighted by Gasteiger charge is -2.14. The molecule has 0 atom stereocenters. The van der Waals surface area contributed by atoms with Crippen molar-refractivity contribution in [1.29, 1.82) is 0 Å². The molecule has 0 saturated heterocycles. The average molecular weight is 561 g/mol. The van der Waals surface area contributed by atoms with Crippen molar-refractivity contribution in [2.75, 3.05) is 19.8 Å². The Morgan fingerprint density at radius 3 is 2.40 bits per heavy atom. The zero-order valence-electron chi connectivity index (χ0n) is 21.4. The van der Waals surface area contributed by atoms with E-state index >= 15 is 0 Å². The van der Waals surface area contributed by atoms with Gasteiger partial charge in [0.1, 0.15) is 22.8 Å². The van der Waals surface area contributed by atoms with Crippen LogP contribution in [0.4, 0.5) is 14.5 Å². The van der Waals surface area contributed by atoms with E-state index < -0.39 is 29.4 Å². The fraction of sp³-hybridized carbons (Fsp3) is 0.148. The van der Waals surface area contributed by atoms with E-state index in [1.54, 1.807) is 18.2 Å². The molecule has 0 aliphatic heterocycles. The molecule has 4 aromatic heterocycles. The van der Waals surface area contributed by atoms with E-state index in [2.05, 4.69) is 15.3 Å². The highest BCUT2D eigenvalue weighted by Crippen LogP contribution is 2.38. The molecule has 0 saturated carbocycles. The summed E-state index contributed by atoms with van der Waals surface area (Å²) >= 11 is 1.21. The number of nitrogen functional groups attached to an aromatic ring is 1. The van der Waals surface area contributed by atoms with Crippen molar-refractivity contribution in [3.63, 3.8) is 0 Å². The zero-order valence-corrected chi connectivity index (χ0v) is 22.2. The summed E-state index contributed by atoms with van der Waals surface area (Å²) in [5.74, 6) is -1.58. The SMILES string of the molecule is CN(C)Cc1c(-c2ccc(N)cc2)sc2c1c(=O)n(-c1ccc3nncn3n1)c(=O)n2Cc1c(F)cccc1F. The number of aromatic nitrogens is 6. The predicted molar refractivity (Wildman–Crippen MR) is 149 cm³/mol. The second-order valence-corrected chi connectivity index (χ2v) is 10.5. The third-order valence-electron chi connectivity index (χ3n) is 6.47. The van der Waals surface area contributed by atoms with Gasteiger partial charge in [0.05, 0.1) is 11.9 Å². The Morgan fingerprint density at radius 1 is 0.975 bits per heavy atom. The van der Waals surface area contributed by atoms with Crippen LogP contribution in [0.15, 0.2) is 70.5 Å². The molecule has 6 rings (SSSR count). The first-order valence-electron chi connectivity index (χ1n) is 12.1. The van der Waals surface area contributed by atoms with Crippen LogP contribution in [0.25, 0.3) is 32.1 Å². The number of hydrogen-bond donors (Lipinski definition) is 1. The monoisotopic (exact) mass is 560 g/mol. The molecule has 2 aromatic carbocycles. The molecule has 0 fully saturated rings. The van der Waals surface area contributed by atoms with E-state index in [1.165, 1.54) is 38.9 Å². The number of nitrogens with two attached hydrogens (primary N) is 1. The van der Waals surface area contributed by atoms with Crippen LogP contribution in [0.2, 0.25) is 0 Å². The van der Waals surface area contributed by atoms with Crippen molar-refractivity contribution < 1.29 is 8.78 Å².